The van der Waals surface area contributed by atoms with Crippen molar-refractivity contribution >= 4 is 15.7 Å². The molecule has 0 unspecified atom stereocenters. The van der Waals surface area contributed by atoms with Crippen LogP contribution in [0.25, 0.3) is 0 Å². The average Bonchev–Trinajstić information content (AvgIpc) is 2.86. The summed E-state index contributed by atoms with van der Waals surface area (Å²) in [5.74, 6) is 0. The SMILES string of the molecule is N#CCc1ccc(NS(=O)(=O)C2CCCC2)cc1. The summed E-state index contributed by atoms with van der Waals surface area (Å²) in [6, 6.07) is 9.02. The van der Waals surface area contributed by atoms with E-state index >= 15 is 0 Å². The Morgan fingerprint density at radius 2 is 1.83 bits per heavy atom. The van der Waals surface area contributed by atoms with E-state index in [9.17, 15) is 8.42 Å². The summed E-state index contributed by atoms with van der Waals surface area (Å²) in [6.45, 7) is 0. The second kappa shape index (κ2) is 5.40. The Labute approximate surface area is 108 Å². The minimum Gasteiger partial charge on any atom is -0.283 e. The number of nitriles is 1. The molecule has 1 aromatic carbocycles. The van der Waals surface area contributed by atoms with Crippen molar-refractivity contribution in [1.82, 2.24) is 0 Å². The topological polar surface area (TPSA) is 70.0 Å². The third-order valence-electron chi connectivity index (χ3n) is 3.24. The van der Waals surface area contributed by atoms with Gasteiger partial charge in [0.2, 0.25) is 10.0 Å². The van der Waals surface area contributed by atoms with Gasteiger partial charge in [-0.25, -0.2) is 8.42 Å². The molecule has 2 rings (SSSR count). The lowest BCUT2D eigenvalue weighted by molar-refractivity contribution is 0.585. The first-order valence-electron chi connectivity index (χ1n) is 6.09. The minimum absolute atomic E-state index is 0.253. The molecule has 96 valence electrons. The number of anilines is 1. The van der Waals surface area contributed by atoms with Crippen molar-refractivity contribution < 1.29 is 8.42 Å². The molecule has 18 heavy (non-hydrogen) atoms. The molecule has 1 saturated carbocycles. The Hall–Kier alpha value is -1.54. The summed E-state index contributed by atoms with van der Waals surface area (Å²) in [6.07, 6.45) is 3.83. The van der Waals surface area contributed by atoms with Crippen molar-refractivity contribution in [1.29, 1.82) is 5.26 Å². The Balaban J connectivity index is 2.07. The zero-order chi connectivity index (χ0) is 13.0. The molecule has 0 aromatic heterocycles. The molecule has 0 heterocycles. The molecule has 0 amide bonds. The van der Waals surface area contributed by atoms with E-state index in [1.165, 1.54) is 0 Å². The fourth-order valence-corrected chi connectivity index (χ4v) is 3.81. The van der Waals surface area contributed by atoms with Gasteiger partial charge < -0.3 is 0 Å². The Kier molecular flexibility index (Phi) is 3.87. The van der Waals surface area contributed by atoms with Gasteiger partial charge in [-0.15, -0.1) is 0 Å². The smallest absolute Gasteiger partial charge is 0.235 e. The average molecular weight is 264 g/mol. The molecule has 5 heteroatoms. The number of rotatable bonds is 4. The highest BCUT2D eigenvalue weighted by Crippen LogP contribution is 2.26. The third-order valence-corrected chi connectivity index (χ3v) is 5.11. The van der Waals surface area contributed by atoms with Crippen molar-refractivity contribution in [3.63, 3.8) is 0 Å². The summed E-state index contributed by atoms with van der Waals surface area (Å²) in [5, 5.41) is 8.30. The third kappa shape index (κ3) is 3.02. The highest BCUT2D eigenvalue weighted by atomic mass is 32.2. The van der Waals surface area contributed by atoms with Gasteiger partial charge in [0.05, 0.1) is 17.7 Å². The lowest BCUT2D eigenvalue weighted by Crippen LogP contribution is -2.25. The predicted octanol–water partition coefficient (Wildman–Crippen LogP) is 2.44. The summed E-state index contributed by atoms with van der Waals surface area (Å²) in [4.78, 5) is 0. The maximum Gasteiger partial charge on any atom is 0.235 e. The van der Waals surface area contributed by atoms with Crippen LogP contribution in [0.3, 0.4) is 0 Å². The monoisotopic (exact) mass is 264 g/mol. The van der Waals surface area contributed by atoms with Crippen molar-refractivity contribution in [2.24, 2.45) is 0 Å². The molecule has 0 saturated heterocycles. The van der Waals surface area contributed by atoms with Crippen LogP contribution in [0, 0.1) is 11.3 Å². The molecule has 4 nitrogen and oxygen atoms in total. The molecule has 1 N–H and O–H groups in total. The summed E-state index contributed by atoms with van der Waals surface area (Å²) in [7, 11) is -3.25. The number of nitrogens with zero attached hydrogens (tertiary/aromatic N) is 1. The first kappa shape index (κ1) is 12.9. The molecule has 0 radical (unpaired) electrons. The summed E-state index contributed by atoms with van der Waals surface area (Å²) in [5.41, 5.74) is 1.46. The van der Waals surface area contributed by atoms with Crippen LogP contribution >= 0.6 is 0 Å². The normalized spacial score (nSPS) is 16.4. The Morgan fingerprint density at radius 3 is 2.39 bits per heavy atom. The van der Waals surface area contributed by atoms with Crippen LogP contribution in [-0.4, -0.2) is 13.7 Å². The van der Waals surface area contributed by atoms with Crippen molar-refractivity contribution in [3.8, 4) is 6.07 Å². The van der Waals surface area contributed by atoms with Gasteiger partial charge in [0.15, 0.2) is 0 Å². The van der Waals surface area contributed by atoms with Gasteiger partial charge >= 0.3 is 0 Å². The van der Waals surface area contributed by atoms with Crippen molar-refractivity contribution in [3.05, 3.63) is 29.8 Å². The van der Waals surface area contributed by atoms with Gasteiger partial charge in [-0.1, -0.05) is 25.0 Å². The first-order chi connectivity index (χ1) is 8.62. The number of hydrogen-bond acceptors (Lipinski definition) is 3. The highest BCUT2D eigenvalue weighted by molar-refractivity contribution is 7.93. The van der Waals surface area contributed by atoms with Gasteiger partial charge in [0, 0.05) is 5.69 Å². The van der Waals surface area contributed by atoms with E-state index in [1.54, 1.807) is 24.3 Å². The predicted molar refractivity (Wildman–Crippen MR) is 70.6 cm³/mol. The summed E-state index contributed by atoms with van der Waals surface area (Å²) < 4.78 is 26.7. The van der Waals surface area contributed by atoms with Crippen LogP contribution in [-0.2, 0) is 16.4 Å². The van der Waals surface area contributed by atoms with Crippen LogP contribution in [0.4, 0.5) is 5.69 Å². The first-order valence-corrected chi connectivity index (χ1v) is 7.64. The quantitative estimate of drug-likeness (QED) is 0.908. The lowest BCUT2D eigenvalue weighted by Gasteiger charge is -2.13. The van der Waals surface area contributed by atoms with Crippen LogP contribution in [0.5, 0.6) is 0 Å². The minimum atomic E-state index is -3.25. The van der Waals surface area contributed by atoms with E-state index in [-0.39, 0.29) is 5.25 Å². The number of hydrogen-bond donors (Lipinski definition) is 1. The summed E-state index contributed by atoms with van der Waals surface area (Å²) >= 11 is 0. The van der Waals surface area contributed by atoms with E-state index in [0.29, 0.717) is 12.1 Å². The van der Waals surface area contributed by atoms with Gasteiger partial charge in [-0.05, 0) is 30.5 Å². The zero-order valence-electron chi connectivity index (χ0n) is 10.1. The van der Waals surface area contributed by atoms with Crippen LogP contribution in [0.1, 0.15) is 31.2 Å². The number of nitrogens with one attached hydrogen (secondary N) is 1. The molecular weight excluding hydrogens is 248 g/mol. The van der Waals surface area contributed by atoms with Crippen molar-refractivity contribution in [2.75, 3.05) is 4.72 Å². The molecular formula is C13H16N2O2S. The fraction of sp³-hybridized carbons (Fsp3) is 0.462. The molecule has 1 aromatic rings. The second-order valence-corrected chi connectivity index (χ2v) is 6.55. The highest BCUT2D eigenvalue weighted by Gasteiger charge is 2.28. The number of benzene rings is 1. The molecule has 1 fully saturated rings. The van der Waals surface area contributed by atoms with Gasteiger partial charge in [0.1, 0.15) is 0 Å². The van der Waals surface area contributed by atoms with Crippen molar-refractivity contribution in [2.45, 2.75) is 37.4 Å². The lowest BCUT2D eigenvalue weighted by atomic mass is 10.1. The molecule has 1 aliphatic carbocycles. The maximum absolute atomic E-state index is 12.0. The van der Waals surface area contributed by atoms with Gasteiger partial charge in [-0.2, -0.15) is 5.26 Å². The van der Waals surface area contributed by atoms with E-state index < -0.39 is 10.0 Å². The van der Waals surface area contributed by atoms with Gasteiger partial charge in [-0.3, -0.25) is 4.72 Å². The van der Waals surface area contributed by atoms with E-state index in [4.69, 9.17) is 5.26 Å². The maximum atomic E-state index is 12.0. The standard InChI is InChI=1S/C13H16N2O2S/c14-10-9-11-5-7-12(8-6-11)15-18(16,17)13-3-1-2-4-13/h5-8,13,15H,1-4,9H2. The Morgan fingerprint density at radius 1 is 1.22 bits per heavy atom. The Bertz CT molecular complexity index is 537. The van der Waals surface area contributed by atoms with E-state index in [0.717, 1.165) is 31.2 Å². The van der Waals surface area contributed by atoms with E-state index in [2.05, 4.69) is 10.8 Å². The largest absolute Gasteiger partial charge is 0.283 e. The molecule has 0 bridgehead atoms. The van der Waals surface area contributed by atoms with Crippen LogP contribution < -0.4 is 4.72 Å². The second-order valence-electron chi connectivity index (χ2n) is 4.59. The number of sulfonamides is 1. The van der Waals surface area contributed by atoms with E-state index in [1.807, 2.05) is 0 Å². The molecule has 0 spiro atoms. The molecule has 0 aliphatic heterocycles. The van der Waals surface area contributed by atoms with Gasteiger partial charge in [0.25, 0.3) is 0 Å². The van der Waals surface area contributed by atoms with Crippen LogP contribution in [0.15, 0.2) is 24.3 Å². The fourth-order valence-electron chi connectivity index (χ4n) is 2.23. The van der Waals surface area contributed by atoms with Crippen LogP contribution in [0.2, 0.25) is 0 Å². The molecule has 0 atom stereocenters. The molecule has 1 aliphatic rings. The zero-order valence-corrected chi connectivity index (χ0v) is 10.9.